The van der Waals surface area contributed by atoms with Crippen molar-refractivity contribution in [2.75, 3.05) is 26.4 Å². The van der Waals surface area contributed by atoms with Crippen molar-refractivity contribution in [1.29, 1.82) is 0 Å². The van der Waals surface area contributed by atoms with E-state index in [1.807, 2.05) is 0 Å². The molecule has 0 radical (unpaired) electrons. The third-order valence-corrected chi connectivity index (χ3v) is 7.83. The Bertz CT molecular complexity index is 604. The summed E-state index contributed by atoms with van der Waals surface area (Å²) >= 11 is 0. The van der Waals surface area contributed by atoms with Crippen molar-refractivity contribution in [2.45, 2.75) is 173 Å². The highest BCUT2D eigenvalue weighted by Gasteiger charge is 2.44. The van der Waals surface area contributed by atoms with Crippen LogP contribution in [0.15, 0.2) is 0 Å². The predicted octanol–water partition coefficient (Wildman–Crippen LogP) is 5.18. The number of carbonyl (C=O) groups excluding carboxylic acids is 1. The second-order valence-electron chi connectivity index (χ2n) is 11.6. The zero-order chi connectivity index (χ0) is 30.1. The number of hydrogen-bond acceptors (Lipinski definition) is 9. The monoisotopic (exact) mass is 590 g/mol. The Balaban J connectivity index is 2.04. The quantitative estimate of drug-likeness (QED) is 0.0754. The smallest absolute Gasteiger partial charge is 0.305 e. The van der Waals surface area contributed by atoms with Crippen molar-refractivity contribution in [3.63, 3.8) is 0 Å². The molecule has 41 heavy (non-hydrogen) atoms. The van der Waals surface area contributed by atoms with E-state index in [1.54, 1.807) is 6.92 Å². The number of hydrogen-bond donors (Lipinski definition) is 4. The molecular weight excluding hydrogens is 528 g/mol. The number of aliphatic hydroxyl groups excluding tert-OH is 4. The fraction of sp³-hybridized carbons (Fsp3) is 0.969. The highest BCUT2D eigenvalue weighted by molar-refractivity contribution is 5.69. The van der Waals surface area contributed by atoms with Crippen molar-refractivity contribution in [3.05, 3.63) is 0 Å². The Morgan fingerprint density at radius 3 is 1.63 bits per heavy atom. The van der Waals surface area contributed by atoms with Crippen LogP contribution in [-0.4, -0.2) is 89.6 Å². The largest absolute Gasteiger partial charge is 0.457 e. The Kier molecular flexibility index (Phi) is 23.9. The van der Waals surface area contributed by atoms with Gasteiger partial charge >= 0.3 is 5.97 Å². The summed E-state index contributed by atoms with van der Waals surface area (Å²) in [7, 11) is 0. The van der Waals surface area contributed by atoms with Crippen LogP contribution < -0.4 is 0 Å². The molecule has 0 aromatic heterocycles. The molecule has 1 aliphatic rings. The average Bonchev–Trinajstić information content (AvgIpc) is 2.98. The van der Waals surface area contributed by atoms with Gasteiger partial charge in [0.15, 0.2) is 6.29 Å². The highest BCUT2D eigenvalue weighted by atomic mass is 16.7. The zero-order valence-corrected chi connectivity index (χ0v) is 26.1. The van der Waals surface area contributed by atoms with Gasteiger partial charge in [-0.25, -0.2) is 0 Å². The Labute approximate surface area is 249 Å². The van der Waals surface area contributed by atoms with Gasteiger partial charge in [-0.3, -0.25) is 4.79 Å². The van der Waals surface area contributed by atoms with Crippen LogP contribution >= 0.6 is 0 Å². The van der Waals surface area contributed by atoms with Crippen LogP contribution in [0.5, 0.6) is 0 Å². The first-order valence-electron chi connectivity index (χ1n) is 16.6. The predicted molar refractivity (Wildman–Crippen MR) is 159 cm³/mol. The fourth-order valence-corrected chi connectivity index (χ4v) is 5.11. The topological polar surface area (TPSA) is 135 Å². The first-order chi connectivity index (χ1) is 19.9. The number of unbranched alkanes of at least 4 members (excludes halogenated alkanes) is 17. The SMILES string of the molecule is CCCCCCCCCCCCCCCCCCCCOCC(COC1OC(CO)C(O)C(O)C1O)OC(=O)CC. The van der Waals surface area contributed by atoms with Gasteiger partial charge < -0.3 is 39.4 Å². The van der Waals surface area contributed by atoms with E-state index in [1.165, 1.54) is 103 Å². The maximum atomic E-state index is 11.8. The fourth-order valence-electron chi connectivity index (χ4n) is 5.11. The van der Waals surface area contributed by atoms with Crippen LogP contribution in [0.25, 0.3) is 0 Å². The minimum atomic E-state index is -1.52. The Morgan fingerprint density at radius 2 is 1.17 bits per heavy atom. The van der Waals surface area contributed by atoms with Gasteiger partial charge in [-0.15, -0.1) is 0 Å². The van der Waals surface area contributed by atoms with Crippen molar-refractivity contribution in [3.8, 4) is 0 Å². The Hall–Kier alpha value is -0.810. The highest BCUT2D eigenvalue weighted by Crippen LogP contribution is 2.22. The van der Waals surface area contributed by atoms with E-state index < -0.39 is 49.4 Å². The van der Waals surface area contributed by atoms with E-state index in [2.05, 4.69) is 6.92 Å². The third-order valence-electron chi connectivity index (χ3n) is 7.83. The molecule has 6 unspecified atom stereocenters. The van der Waals surface area contributed by atoms with Crippen LogP contribution in [0.3, 0.4) is 0 Å². The van der Waals surface area contributed by atoms with Crippen LogP contribution in [0, 0.1) is 0 Å². The van der Waals surface area contributed by atoms with Gasteiger partial charge in [0.2, 0.25) is 0 Å². The number of carbonyl (C=O) groups is 1. The summed E-state index contributed by atoms with van der Waals surface area (Å²) < 4.78 is 22.0. The van der Waals surface area contributed by atoms with Gasteiger partial charge in [0.1, 0.15) is 30.5 Å². The molecule has 0 bridgehead atoms. The number of esters is 1. The molecule has 1 saturated heterocycles. The molecule has 6 atom stereocenters. The second-order valence-corrected chi connectivity index (χ2v) is 11.6. The summed E-state index contributed by atoms with van der Waals surface area (Å²) in [5, 5.41) is 39.3. The molecule has 0 aromatic rings. The van der Waals surface area contributed by atoms with Crippen LogP contribution in [0.2, 0.25) is 0 Å². The van der Waals surface area contributed by atoms with Crippen LogP contribution in [0.1, 0.15) is 136 Å². The maximum absolute atomic E-state index is 11.8. The molecule has 9 heteroatoms. The van der Waals surface area contributed by atoms with Crippen LogP contribution in [-0.2, 0) is 23.7 Å². The van der Waals surface area contributed by atoms with E-state index in [4.69, 9.17) is 18.9 Å². The number of aliphatic hydroxyl groups is 4. The lowest BCUT2D eigenvalue weighted by Crippen LogP contribution is -2.59. The zero-order valence-electron chi connectivity index (χ0n) is 26.1. The van der Waals surface area contributed by atoms with E-state index in [0.29, 0.717) is 6.61 Å². The van der Waals surface area contributed by atoms with Gasteiger partial charge in [0, 0.05) is 13.0 Å². The Morgan fingerprint density at radius 1 is 0.683 bits per heavy atom. The summed E-state index contributed by atoms with van der Waals surface area (Å²) in [5.41, 5.74) is 0. The van der Waals surface area contributed by atoms with Crippen LogP contribution in [0.4, 0.5) is 0 Å². The molecule has 244 valence electrons. The van der Waals surface area contributed by atoms with Gasteiger partial charge in [0.05, 0.1) is 19.8 Å². The average molecular weight is 591 g/mol. The van der Waals surface area contributed by atoms with Gasteiger partial charge in [-0.1, -0.05) is 123 Å². The lowest BCUT2D eigenvalue weighted by Gasteiger charge is -2.39. The molecule has 4 N–H and O–H groups in total. The first kappa shape index (κ1) is 38.2. The summed E-state index contributed by atoms with van der Waals surface area (Å²) in [6.07, 6.45) is 16.5. The van der Waals surface area contributed by atoms with Crippen molar-refractivity contribution < 1.29 is 44.2 Å². The second kappa shape index (κ2) is 25.7. The van der Waals surface area contributed by atoms with Crippen molar-refractivity contribution in [1.82, 2.24) is 0 Å². The molecule has 0 aromatic carbocycles. The van der Waals surface area contributed by atoms with E-state index >= 15 is 0 Å². The third kappa shape index (κ3) is 18.5. The molecule has 0 aliphatic carbocycles. The molecule has 1 rings (SSSR count). The molecule has 1 aliphatic heterocycles. The molecule has 9 nitrogen and oxygen atoms in total. The van der Waals surface area contributed by atoms with E-state index in [9.17, 15) is 25.2 Å². The standard InChI is InChI=1S/C32H62O9/c1-3-5-6-7-8-9-10-11-12-13-14-15-16-17-18-19-20-21-22-38-24-26(40-28(34)4-2)25-39-32-31(37)30(36)29(35)27(23-33)41-32/h26-27,29-33,35-37H,3-25H2,1-2H3. The van der Waals surface area contributed by atoms with E-state index in [0.717, 1.165) is 12.8 Å². The van der Waals surface area contributed by atoms with Crippen molar-refractivity contribution in [2.24, 2.45) is 0 Å². The summed E-state index contributed by atoms with van der Waals surface area (Å²) in [4.78, 5) is 11.8. The normalized spacial score (nSPS) is 23.5. The maximum Gasteiger partial charge on any atom is 0.305 e. The van der Waals surface area contributed by atoms with Gasteiger partial charge in [0.25, 0.3) is 0 Å². The summed E-state index contributed by atoms with van der Waals surface area (Å²) in [6, 6.07) is 0. The number of rotatable bonds is 27. The van der Waals surface area contributed by atoms with E-state index in [-0.39, 0.29) is 19.6 Å². The first-order valence-corrected chi connectivity index (χ1v) is 16.6. The summed E-state index contributed by atoms with van der Waals surface area (Å²) in [6.45, 7) is 4.00. The lowest BCUT2D eigenvalue weighted by molar-refractivity contribution is -0.305. The number of ether oxygens (including phenoxy) is 4. The van der Waals surface area contributed by atoms with Crippen molar-refractivity contribution >= 4 is 5.97 Å². The molecule has 1 heterocycles. The molecule has 1 fully saturated rings. The van der Waals surface area contributed by atoms with Gasteiger partial charge in [-0.2, -0.15) is 0 Å². The minimum Gasteiger partial charge on any atom is -0.457 e. The molecule has 0 saturated carbocycles. The minimum absolute atomic E-state index is 0.118. The summed E-state index contributed by atoms with van der Waals surface area (Å²) in [5.74, 6) is -0.399. The van der Waals surface area contributed by atoms with Gasteiger partial charge in [-0.05, 0) is 6.42 Å². The molecule has 0 amide bonds. The lowest BCUT2D eigenvalue weighted by atomic mass is 9.99. The molecular formula is C32H62O9. The molecule has 0 spiro atoms.